The summed E-state index contributed by atoms with van der Waals surface area (Å²) in [7, 11) is 2.13. The minimum atomic E-state index is 0.862. The largest absolute Gasteiger partial charge is 0.348 e. The predicted molar refractivity (Wildman–Crippen MR) is 192 cm³/mol. The number of nitrogens with zero attached hydrogens (tertiary/aromatic N) is 2. The number of para-hydroxylation sites is 2. The van der Waals surface area contributed by atoms with Gasteiger partial charge in [-0.3, -0.25) is 0 Å². The highest BCUT2D eigenvalue weighted by Gasteiger charge is 2.20. The van der Waals surface area contributed by atoms with Gasteiger partial charge in [-0.2, -0.15) is 0 Å². The van der Waals surface area contributed by atoms with Crippen molar-refractivity contribution in [3.05, 3.63) is 204 Å². The van der Waals surface area contributed by atoms with Gasteiger partial charge in [0.2, 0.25) is 0 Å². The van der Waals surface area contributed by atoms with Gasteiger partial charge in [-0.15, -0.1) is 0 Å². The van der Waals surface area contributed by atoms with Crippen molar-refractivity contribution in [2.75, 3.05) is 16.8 Å². The molecule has 0 saturated carbocycles. The molecule has 3 aromatic rings. The van der Waals surface area contributed by atoms with E-state index in [1.54, 1.807) is 0 Å². The molecule has 0 bridgehead atoms. The van der Waals surface area contributed by atoms with Crippen LogP contribution in [0.5, 0.6) is 0 Å². The fraction of sp³-hybridized carbons (Fsp3) is 0.0952. The lowest BCUT2D eigenvalue weighted by Gasteiger charge is -2.30. The molecule has 0 atom stereocenters. The van der Waals surface area contributed by atoms with Crippen LogP contribution in [0.15, 0.2) is 187 Å². The molecule has 0 spiro atoms. The van der Waals surface area contributed by atoms with Gasteiger partial charge in [-0.05, 0) is 78.6 Å². The highest BCUT2D eigenvalue weighted by Crippen LogP contribution is 2.35. The summed E-state index contributed by atoms with van der Waals surface area (Å²) >= 11 is 0. The van der Waals surface area contributed by atoms with Crippen molar-refractivity contribution in [2.45, 2.75) is 19.8 Å². The molecule has 0 aromatic heterocycles. The molecule has 0 fully saturated rings. The average Bonchev–Trinajstić information content (AvgIpc) is 3.45. The van der Waals surface area contributed by atoms with E-state index in [-0.39, 0.29) is 0 Å². The van der Waals surface area contributed by atoms with E-state index >= 15 is 0 Å². The summed E-state index contributed by atoms with van der Waals surface area (Å²) in [5, 5.41) is 0. The monoisotopic (exact) mass is 572 g/mol. The Bertz CT molecular complexity index is 1720. The second kappa shape index (κ2) is 15.2. The standard InChI is InChI=1S/C42H40N2/c1-4-6-23-36(5-2)44(39-26-11-8-12-27-39)42-31-16-15-29-40-35(22-18-30-41(40)42)21-14-13-19-34-20-17-28-38(33-32-34)43(3)37-24-9-7-10-25-37/h4-27,30-33H,2,28-29H2,1,3H3/b6-4-,19-13?,21-14?,36-23+. The summed E-state index contributed by atoms with van der Waals surface area (Å²) in [4.78, 5) is 4.54. The Labute approximate surface area is 263 Å². The molecule has 2 nitrogen and oxygen atoms in total. The van der Waals surface area contributed by atoms with Crippen LogP contribution in [0, 0.1) is 0 Å². The number of rotatable bonds is 10. The molecule has 0 heterocycles. The molecule has 2 heteroatoms. The Morgan fingerprint density at radius 3 is 2.25 bits per heavy atom. The van der Waals surface area contributed by atoms with Crippen LogP contribution in [0.4, 0.5) is 11.4 Å². The Morgan fingerprint density at radius 2 is 1.50 bits per heavy atom. The third-order valence-electron chi connectivity index (χ3n) is 7.74. The lowest BCUT2D eigenvalue weighted by Crippen LogP contribution is -2.20. The topological polar surface area (TPSA) is 6.48 Å². The van der Waals surface area contributed by atoms with E-state index < -0.39 is 0 Å². The second-order valence-corrected chi connectivity index (χ2v) is 10.6. The van der Waals surface area contributed by atoms with Crippen molar-refractivity contribution < 1.29 is 0 Å². The summed E-state index contributed by atoms with van der Waals surface area (Å²) in [6.07, 6.45) is 34.0. The molecule has 0 aliphatic heterocycles. The van der Waals surface area contributed by atoms with Gasteiger partial charge >= 0.3 is 0 Å². The molecule has 0 amide bonds. The van der Waals surface area contributed by atoms with Crippen LogP contribution in [-0.4, -0.2) is 7.05 Å². The number of benzene rings is 3. The van der Waals surface area contributed by atoms with E-state index in [0.717, 1.165) is 29.9 Å². The average molecular weight is 573 g/mol. The van der Waals surface area contributed by atoms with E-state index in [2.05, 4.69) is 181 Å². The molecule has 0 radical (unpaired) electrons. The maximum absolute atomic E-state index is 4.15. The number of hydrogen-bond donors (Lipinski definition) is 0. The Morgan fingerprint density at radius 1 is 0.750 bits per heavy atom. The van der Waals surface area contributed by atoms with Crippen molar-refractivity contribution in [2.24, 2.45) is 0 Å². The zero-order valence-corrected chi connectivity index (χ0v) is 25.7. The summed E-state index contributed by atoms with van der Waals surface area (Å²) in [6.45, 7) is 6.18. The Hall–Kier alpha value is -5.34. The first-order chi connectivity index (χ1) is 21.7. The van der Waals surface area contributed by atoms with E-state index in [4.69, 9.17) is 0 Å². The third-order valence-corrected chi connectivity index (χ3v) is 7.74. The molecule has 218 valence electrons. The molecule has 3 aromatic carbocycles. The highest BCUT2D eigenvalue weighted by atomic mass is 15.2. The quantitative estimate of drug-likeness (QED) is 0.223. The summed E-state index contributed by atoms with van der Waals surface area (Å²) in [6, 6.07) is 27.6. The van der Waals surface area contributed by atoms with Gasteiger partial charge in [-0.25, -0.2) is 0 Å². The SMILES string of the molecule is C=C/C(=C\C=C/C)N(C1=CC=CCc2c(C=CC=CC3=CC=C(N(C)c4ccccc4)CC=C3)cccc21)c1ccccc1. The molecule has 2 aliphatic rings. The molecule has 2 aliphatic carbocycles. The van der Waals surface area contributed by atoms with Gasteiger partial charge in [0.25, 0.3) is 0 Å². The van der Waals surface area contributed by atoms with Crippen LogP contribution in [0.25, 0.3) is 11.8 Å². The first-order valence-electron chi connectivity index (χ1n) is 15.2. The fourth-order valence-electron chi connectivity index (χ4n) is 5.43. The van der Waals surface area contributed by atoms with Gasteiger partial charge in [0.05, 0.1) is 5.70 Å². The van der Waals surface area contributed by atoms with Gasteiger partial charge < -0.3 is 9.80 Å². The highest BCUT2D eigenvalue weighted by molar-refractivity contribution is 5.87. The van der Waals surface area contributed by atoms with E-state index in [1.165, 1.54) is 33.6 Å². The zero-order valence-electron chi connectivity index (χ0n) is 25.7. The minimum Gasteiger partial charge on any atom is -0.348 e. The second-order valence-electron chi connectivity index (χ2n) is 10.6. The van der Waals surface area contributed by atoms with Crippen LogP contribution >= 0.6 is 0 Å². The number of allylic oxidation sites excluding steroid dienone is 15. The van der Waals surface area contributed by atoms with Crippen molar-refractivity contribution >= 4 is 23.1 Å². The Balaban J connectivity index is 1.41. The maximum Gasteiger partial charge on any atom is 0.0536 e. The minimum absolute atomic E-state index is 0.862. The number of fused-ring (bicyclic) bond motifs is 1. The first kappa shape index (κ1) is 30.1. The van der Waals surface area contributed by atoms with Crippen LogP contribution in [0.3, 0.4) is 0 Å². The number of anilines is 2. The van der Waals surface area contributed by atoms with Gasteiger partial charge in [0, 0.05) is 41.8 Å². The van der Waals surface area contributed by atoms with E-state index in [1.807, 2.05) is 19.1 Å². The smallest absolute Gasteiger partial charge is 0.0536 e. The van der Waals surface area contributed by atoms with Crippen LogP contribution in [-0.2, 0) is 6.42 Å². The summed E-state index contributed by atoms with van der Waals surface area (Å²) in [5.74, 6) is 0. The zero-order chi connectivity index (χ0) is 30.6. The predicted octanol–water partition coefficient (Wildman–Crippen LogP) is 10.8. The van der Waals surface area contributed by atoms with Gasteiger partial charge in [-0.1, -0.05) is 128 Å². The lowest BCUT2D eigenvalue weighted by atomic mass is 9.95. The normalized spacial score (nSPS) is 15.0. The summed E-state index contributed by atoms with van der Waals surface area (Å²) < 4.78 is 0. The van der Waals surface area contributed by atoms with Crippen molar-refractivity contribution in [1.82, 2.24) is 0 Å². The molecule has 5 rings (SSSR count). The maximum atomic E-state index is 4.15. The van der Waals surface area contributed by atoms with Crippen molar-refractivity contribution in [3.63, 3.8) is 0 Å². The van der Waals surface area contributed by atoms with E-state index in [0.29, 0.717) is 0 Å². The molecule has 44 heavy (non-hydrogen) atoms. The van der Waals surface area contributed by atoms with Crippen LogP contribution < -0.4 is 9.80 Å². The van der Waals surface area contributed by atoms with E-state index in [9.17, 15) is 0 Å². The molecular weight excluding hydrogens is 532 g/mol. The lowest BCUT2D eigenvalue weighted by molar-refractivity contribution is 1.03. The molecular formula is C42H40N2. The molecule has 0 unspecified atom stereocenters. The van der Waals surface area contributed by atoms with Gasteiger partial charge in [0.1, 0.15) is 0 Å². The third kappa shape index (κ3) is 7.35. The van der Waals surface area contributed by atoms with Crippen LogP contribution in [0.1, 0.15) is 30.0 Å². The van der Waals surface area contributed by atoms with Gasteiger partial charge in [0.15, 0.2) is 0 Å². The fourth-order valence-corrected chi connectivity index (χ4v) is 5.43. The number of hydrogen-bond acceptors (Lipinski definition) is 2. The van der Waals surface area contributed by atoms with Crippen molar-refractivity contribution in [1.29, 1.82) is 0 Å². The molecule has 0 N–H and O–H groups in total. The summed E-state index contributed by atoms with van der Waals surface area (Å²) in [5.41, 5.74) is 10.6. The van der Waals surface area contributed by atoms with Crippen LogP contribution in [0.2, 0.25) is 0 Å². The first-order valence-corrected chi connectivity index (χ1v) is 15.2. The van der Waals surface area contributed by atoms with Crippen molar-refractivity contribution in [3.8, 4) is 0 Å². The molecule has 0 saturated heterocycles. The Kier molecular flexibility index (Phi) is 10.4.